The number of carbonyl (C=O) groups excluding carboxylic acids is 2. The predicted octanol–water partition coefficient (Wildman–Crippen LogP) is 4.05. The first-order valence-electron chi connectivity index (χ1n) is 7.74. The van der Waals surface area contributed by atoms with Crippen molar-refractivity contribution in [2.45, 2.75) is 32.3 Å². The van der Waals surface area contributed by atoms with Gasteiger partial charge in [-0.1, -0.05) is 44.2 Å². The normalized spacial score (nSPS) is 16.1. The molecule has 1 aliphatic heterocycles. The average molecular weight is 309 g/mol. The lowest BCUT2D eigenvalue weighted by Gasteiger charge is -2.12. The minimum atomic E-state index is -0.507. The first-order chi connectivity index (χ1) is 11.0. The molecule has 23 heavy (non-hydrogen) atoms. The second-order valence-electron chi connectivity index (χ2n) is 6.01. The standard InChI is InChI=1S/C19H19NO3/c1-12(2)13-6-5-7-14(10-13)20-18(21)11-17-15-8-3-4-9-16(15)19(22)23-17/h3-10,12,17H,11H2,1-2H3,(H,20,21). The van der Waals surface area contributed by atoms with Crippen molar-refractivity contribution in [1.29, 1.82) is 0 Å². The van der Waals surface area contributed by atoms with Crippen molar-refractivity contribution in [3.05, 3.63) is 65.2 Å². The lowest BCUT2D eigenvalue weighted by Crippen LogP contribution is -2.16. The Morgan fingerprint density at radius 3 is 2.74 bits per heavy atom. The number of hydrogen-bond acceptors (Lipinski definition) is 3. The Hall–Kier alpha value is -2.62. The number of nitrogens with one attached hydrogen (secondary N) is 1. The highest BCUT2D eigenvalue weighted by Gasteiger charge is 2.31. The maximum Gasteiger partial charge on any atom is 0.339 e. The molecule has 1 unspecified atom stereocenters. The third-order valence-electron chi connectivity index (χ3n) is 3.98. The number of amides is 1. The van der Waals surface area contributed by atoms with Gasteiger partial charge in [-0.25, -0.2) is 4.79 Å². The van der Waals surface area contributed by atoms with Gasteiger partial charge in [-0.05, 0) is 29.7 Å². The SMILES string of the molecule is CC(C)c1cccc(NC(=O)CC2OC(=O)c3ccccc32)c1. The largest absolute Gasteiger partial charge is 0.453 e. The molecule has 4 heteroatoms. The van der Waals surface area contributed by atoms with Gasteiger partial charge in [-0.3, -0.25) is 4.79 Å². The van der Waals surface area contributed by atoms with E-state index >= 15 is 0 Å². The quantitative estimate of drug-likeness (QED) is 0.867. The Morgan fingerprint density at radius 2 is 1.96 bits per heavy atom. The molecule has 1 aliphatic rings. The molecule has 2 aromatic carbocycles. The smallest absolute Gasteiger partial charge is 0.339 e. The van der Waals surface area contributed by atoms with E-state index in [4.69, 9.17) is 4.74 Å². The number of esters is 1. The molecule has 0 spiro atoms. The van der Waals surface area contributed by atoms with Crippen molar-refractivity contribution in [3.8, 4) is 0 Å². The van der Waals surface area contributed by atoms with Gasteiger partial charge < -0.3 is 10.1 Å². The van der Waals surface area contributed by atoms with Crippen LogP contribution in [0, 0.1) is 0 Å². The number of carbonyl (C=O) groups is 2. The van der Waals surface area contributed by atoms with Crippen LogP contribution in [0.2, 0.25) is 0 Å². The van der Waals surface area contributed by atoms with Gasteiger partial charge in [-0.15, -0.1) is 0 Å². The summed E-state index contributed by atoms with van der Waals surface area (Å²) in [4.78, 5) is 24.0. The van der Waals surface area contributed by atoms with Crippen LogP contribution in [0.15, 0.2) is 48.5 Å². The minimum absolute atomic E-state index is 0.120. The second kappa shape index (κ2) is 6.24. The lowest BCUT2D eigenvalue weighted by atomic mass is 10.0. The van der Waals surface area contributed by atoms with Gasteiger partial charge in [0.25, 0.3) is 0 Å². The summed E-state index contributed by atoms with van der Waals surface area (Å²) in [6.45, 7) is 4.21. The van der Waals surface area contributed by atoms with E-state index in [1.807, 2.05) is 36.4 Å². The van der Waals surface area contributed by atoms with Crippen LogP contribution in [-0.4, -0.2) is 11.9 Å². The summed E-state index contributed by atoms with van der Waals surface area (Å²) in [7, 11) is 0. The zero-order valence-corrected chi connectivity index (χ0v) is 13.2. The summed E-state index contributed by atoms with van der Waals surface area (Å²) in [5.74, 6) is -0.130. The minimum Gasteiger partial charge on any atom is -0.453 e. The first kappa shape index (κ1) is 15.3. The lowest BCUT2D eigenvalue weighted by molar-refractivity contribution is -0.118. The molecule has 4 nitrogen and oxygen atoms in total. The van der Waals surface area contributed by atoms with E-state index < -0.39 is 6.10 Å². The number of benzene rings is 2. The summed E-state index contributed by atoms with van der Waals surface area (Å²) in [5, 5.41) is 2.88. The monoisotopic (exact) mass is 309 g/mol. The third kappa shape index (κ3) is 3.26. The third-order valence-corrected chi connectivity index (χ3v) is 3.98. The van der Waals surface area contributed by atoms with E-state index in [-0.39, 0.29) is 18.3 Å². The van der Waals surface area contributed by atoms with Crippen molar-refractivity contribution in [1.82, 2.24) is 0 Å². The van der Waals surface area contributed by atoms with Gasteiger partial charge in [0.05, 0.1) is 12.0 Å². The summed E-state index contributed by atoms with van der Waals surface area (Å²) >= 11 is 0. The highest BCUT2D eigenvalue weighted by molar-refractivity contribution is 5.96. The van der Waals surface area contributed by atoms with Crippen LogP contribution in [0.1, 0.15) is 53.8 Å². The maximum atomic E-state index is 12.3. The Balaban J connectivity index is 1.69. The molecule has 2 aromatic rings. The Bertz CT molecular complexity index is 752. The highest BCUT2D eigenvalue weighted by atomic mass is 16.5. The van der Waals surface area contributed by atoms with Gasteiger partial charge in [-0.2, -0.15) is 0 Å². The molecule has 1 heterocycles. The molecule has 118 valence electrons. The molecule has 0 aliphatic carbocycles. The molecular weight excluding hydrogens is 290 g/mol. The van der Waals surface area contributed by atoms with Crippen LogP contribution < -0.4 is 5.32 Å². The molecule has 3 rings (SSSR count). The van der Waals surface area contributed by atoms with E-state index in [0.29, 0.717) is 11.5 Å². The van der Waals surface area contributed by atoms with Gasteiger partial charge >= 0.3 is 5.97 Å². The van der Waals surface area contributed by atoms with Gasteiger partial charge in [0, 0.05) is 11.3 Å². The highest BCUT2D eigenvalue weighted by Crippen LogP contribution is 2.33. The topological polar surface area (TPSA) is 55.4 Å². The molecular formula is C19H19NO3. The van der Waals surface area contributed by atoms with Crippen LogP contribution in [0.4, 0.5) is 5.69 Å². The maximum absolute atomic E-state index is 12.3. The molecule has 1 atom stereocenters. The van der Waals surface area contributed by atoms with Crippen LogP contribution in [0.5, 0.6) is 0 Å². The number of rotatable bonds is 4. The Morgan fingerprint density at radius 1 is 1.17 bits per heavy atom. The number of cyclic esters (lactones) is 1. The number of anilines is 1. The molecule has 1 amide bonds. The zero-order valence-electron chi connectivity index (χ0n) is 13.2. The average Bonchev–Trinajstić information content (AvgIpc) is 2.84. The molecule has 0 fully saturated rings. The fourth-order valence-electron chi connectivity index (χ4n) is 2.73. The fraction of sp³-hybridized carbons (Fsp3) is 0.263. The molecule has 0 saturated heterocycles. The van der Waals surface area contributed by atoms with Crippen LogP contribution in [0.25, 0.3) is 0 Å². The fourth-order valence-corrected chi connectivity index (χ4v) is 2.73. The van der Waals surface area contributed by atoms with Gasteiger partial charge in [0.2, 0.25) is 5.91 Å². The van der Waals surface area contributed by atoms with Crippen molar-refractivity contribution in [2.75, 3.05) is 5.32 Å². The molecule has 0 radical (unpaired) electrons. The van der Waals surface area contributed by atoms with E-state index in [2.05, 4.69) is 19.2 Å². The molecule has 0 saturated carbocycles. The van der Waals surface area contributed by atoms with Crippen molar-refractivity contribution >= 4 is 17.6 Å². The van der Waals surface area contributed by atoms with Crippen LogP contribution >= 0.6 is 0 Å². The van der Waals surface area contributed by atoms with Crippen molar-refractivity contribution in [3.63, 3.8) is 0 Å². The molecule has 0 bridgehead atoms. The summed E-state index contributed by atoms with van der Waals surface area (Å²) in [6, 6.07) is 15.0. The number of ether oxygens (including phenoxy) is 1. The van der Waals surface area contributed by atoms with Crippen LogP contribution in [-0.2, 0) is 9.53 Å². The zero-order chi connectivity index (χ0) is 16.4. The summed E-state index contributed by atoms with van der Waals surface area (Å²) < 4.78 is 5.30. The Kier molecular flexibility index (Phi) is 4.15. The van der Waals surface area contributed by atoms with Crippen molar-refractivity contribution in [2.24, 2.45) is 0 Å². The van der Waals surface area contributed by atoms with Crippen LogP contribution in [0.3, 0.4) is 0 Å². The van der Waals surface area contributed by atoms with E-state index in [9.17, 15) is 9.59 Å². The van der Waals surface area contributed by atoms with Gasteiger partial charge in [0.15, 0.2) is 0 Å². The first-order valence-corrected chi connectivity index (χ1v) is 7.74. The number of hydrogen-bond donors (Lipinski definition) is 1. The second-order valence-corrected chi connectivity index (χ2v) is 6.01. The van der Waals surface area contributed by atoms with Crippen molar-refractivity contribution < 1.29 is 14.3 Å². The summed E-state index contributed by atoms with van der Waals surface area (Å²) in [6.07, 6.45) is -0.388. The van der Waals surface area contributed by atoms with E-state index in [1.54, 1.807) is 12.1 Å². The summed E-state index contributed by atoms with van der Waals surface area (Å²) in [5.41, 5.74) is 3.26. The molecule has 1 N–H and O–H groups in total. The Labute approximate surface area is 135 Å². The van der Waals surface area contributed by atoms with E-state index in [1.165, 1.54) is 5.56 Å². The molecule has 0 aromatic heterocycles. The van der Waals surface area contributed by atoms with E-state index in [0.717, 1.165) is 11.3 Å². The van der Waals surface area contributed by atoms with Gasteiger partial charge in [0.1, 0.15) is 6.10 Å². The predicted molar refractivity (Wildman–Crippen MR) is 88.4 cm³/mol. The number of fused-ring (bicyclic) bond motifs is 1.